The van der Waals surface area contributed by atoms with Crippen LogP contribution in [0.3, 0.4) is 0 Å². The molecule has 1 atom stereocenters. The summed E-state index contributed by atoms with van der Waals surface area (Å²) in [6, 6.07) is 1.76. The fourth-order valence-electron chi connectivity index (χ4n) is 0.803. The lowest BCUT2D eigenvalue weighted by atomic mass is 10.2. The van der Waals surface area contributed by atoms with Crippen molar-refractivity contribution in [2.24, 2.45) is 5.92 Å². The fraction of sp³-hybridized carbons (Fsp3) is 0.444. The molecule has 0 saturated carbocycles. The van der Waals surface area contributed by atoms with E-state index in [2.05, 4.69) is 9.97 Å². The summed E-state index contributed by atoms with van der Waals surface area (Å²) in [5.41, 5.74) is 0. The van der Waals surface area contributed by atoms with E-state index in [4.69, 9.17) is 5.11 Å². The van der Waals surface area contributed by atoms with Gasteiger partial charge in [0.1, 0.15) is 5.82 Å². The highest BCUT2D eigenvalue weighted by molar-refractivity contribution is 7.98. The Labute approximate surface area is 86.8 Å². The summed E-state index contributed by atoms with van der Waals surface area (Å²) in [4.78, 5) is 18.6. The van der Waals surface area contributed by atoms with E-state index in [0.717, 1.165) is 5.82 Å². The van der Waals surface area contributed by atoms with Crippen LogP contribution in [-0.2, 0) is 10.5 Å². The van der Waals surface area contributed by atoms with E-state index in [0.29, 0.717) is 11.5 Å². The van der Waals surface area contributed by atoms with Crippen molar-refractivity contribution in [2.75, 3.05) is 5.75 Å². The molecule has 1 aromatic rings. The molecule has 4 nitrogen and oxygen atoms in total. The van der Waals surface area contributed by atoms with Gasteiger partial charge in [0.25, 0.3) is 0 Å². The van der Waals surface area contributed by atoms with Crippen molar-refractivity contribution in [1.29, 1.82) is 0 Å². The third-order valence-corrected chi connectivity index (χ3v) is 2.84. The Bertz CT molecular complexity index is 292. The number of nitrogens with zero attached hydrogens (tertiary/aromatic N) is 2. The molecule has 0 radical (unpaired) electrons. The predicted molar refractivity (Wildman–Crippen MR) is 55.0 cm³/mol. The molecule has 1 aromatic heterocycles. The van der Waals surface area contributed by atoms with Gasteiger partial charge in [-0.15, -0.1) is 0 Å². The molecule has 5 heteroatoms. The molecule has 0 aliphatic heterocycles. The zero-order valence-electron chi connectivity index (χ0n) is 7.88. The second-order valence-electron chi connectivity index (χ2n) is 2.92. The SMILES string of the molecule is CC(CSCc1ncccn1)C(=O)O. The second-order valence-corrected chi connectivity index (χ2v) is 3.95. The molecule has 0 aliphatic rings. The first-order valence-electron chi connectivity index (χ1n) is 4.26. The lowest BCUT2D eigenvalue weighted by Gasteiger charge is -2.04. The molecule has 0 fully saturated rings. The number of carboxylic acids is 1. The largest absolute Gasteiger partial charge is 0.481 e. The number of hydrogen-bond donors (Lipinski definition) is 1. The smallest absolute Gasteiger partial charge is 0.307 e. The van der Waals surface area contributed by atoms with Gasteiger partial charge in [0.05, 0.1) is 11.7 Å². The van der Waals surface area contributed by atoms with Crippen molar-refractivity contribution in [3.63, 3.8) is 0 Å². The Morgan fingerprint density at radius 2 is 2.21 bits per heavy atom. The average Bonchev–Trinajstić information content (AvgIpc) is 2.19. The van der Waals surface area contributed by atoms with E-state index in [-0.39, 0.29) is 5.92 Å². The van der Waals surface area contributed by atoms with Gasteiger partial charge < -0.3 is 5.11 Å². The van der Waals surface area contributed by atoms with Crippen LogP contribution in [0.15, 0.2) is 18.5 Å². The van der Waals surface area contributed by atoms with E-state index in [9.17, 15) is 4.79 Å². The summed E-state index contributed by atoms with van der Waals surface area (Å²) >= 11 is 1.54. The van der Waals surface area contributed by atoms with E-state index in [1.807, 2.05) is 0 Å². The molecule has 1 unspecified atom stereocenters. The van der Waals surface area contributed by atoms with Crippen LogP contribution < -0.4 is 0 Å². The average molecular weight is 212 g/mol. The molecular weight excluding hydrogens is 200 g/mol. The topological polar surface area (TPSA) is 63.1 Å². The highest BCUT2D eigenvalue weighted by atomic mass is 32.2. The van der Waals surface area contributed by atoms with Crippen LogP contribution in [0.1, 0.15) is 12.7 Å². The van der Waals surface area contributed by atoms with Gasteiger partial charge in [-0.1, -0.05) is 6.92 Å². The molecule has 0 aromatic carbocycles. The van der Waals surface area contributed by atoms with Gasteiger partial charge in [0, 0.05) is 18.1 Å². The molecule has 1 rings (SSSR count). The number of aliphatic carboxylic acids is 1. The van der Waals surface area contributed by atoms with E-state index in [1.165, 1.54) is 11.8 Å². The molecule has 0 spiro atoms. The molecule has 0 amide bonds. The Balaban J connectivity index is 2.26. The number of thioether (sulfide) groups is 1. The van der Waals surface area contributed by atoms with Gasteiger partial charge in [-0.05, 0) is 6.07 Å². The number of hydrogen-bond acceptors (Lipinski definition) is 4. The molecule has 1 N–H and O–H groups in total. The Hall–Kier alpha value is -1.10. The summed E-state index contributed by atoms with van der Waals surface area (Å²) in [6.45, 7) is 1.70. The molecule has 76 valence electrons. The van der Waals surface area contributed by atoms with Gasteiger partial charge >= 0.3 is 5.97 Å². The van der Waals surface area contributed by atoms with Crippen LogP contribution >= 0.6 is 11.8 Å². The van der Waals surface area contributed by atoms with Crippen molar-refractivity contribution in [2.45, 2.75) is 12.7 Å². The lowest BCUT2D eigenvalue weighted by Crippen LogP contribution is -2.12. The standard InChI is InChI=1S/C9H12N2O2S/c1-7(9(12)13)5-14-6-8-10-3-2-4-11-8/h2-4,7H,5-6H2,1H3,(H,12,13). The van der Waals surface area contributed by atoms with E-state index < -0.39 is 5.97 Å². The van der Waals surface area contributed by atoms with Crippen LogP contribution in [0.4, 0.5) is 0 Å². The Kier molecular flexibility index (Phi) is 4.39. The van der Waals surface area contributed by atoms with Gasteiger partial charge in [-0.2, -0.15) is 11.8 Å². The number of aromatic nitrogens is 2. The molecule has 1 heterocycles. The Morgan fingerprint density at radius 3 is 2.79 bits per heavy atom. The lowest BCUT2D eigenvalue weighted by molar-refractivity contribution is -0.140. The molecule has 0 saturated heterocycles. The summed E-state index contributed by atoms with van der Waals surface area (Å²) in [5.74, 6) is 0.928. The van der Waals surface area contributed by atoms with Gasteiger partial charge in [-0.3, -0.25) is 4.79 Å². The van der Waals surface area contributed by atoms with Crippen LogP contribution in [0.5, 0.6) is 0 Å². The molecule has 0 bridgehead atoms. The van der Waals surface area contributed by atoms with Gasteiger partial charge in [0.15, 0.2) is 0 Å². The highest BCUT2D eigenvalue weighted by Gasteiger charge is 2.10. The third kappa shape index (κ3) is 3.74. The van der Waals surface area contributed by atoms with Gasteiger partial charge in [0.2, 0.25) is 0 Å². The Morgan fingerprint density at radius 1 is 1.57 bits per heavy atom. The minimum absolute atomic E-state index is 0.316. The van der Waals surface area contributed by atoms with Crippen LogP contribution in [-0.4, -0.2) is 26.8 Å². The van der Waals surface area contributed by atoms with Crippen LogP contribution in [0.25, 0.3) is 0 Å². The highest BCUT2D eigenvalue weighted by Crippen LogP contribution is 2.12. The summed E-state index contributed by atoms with van der Waals surface area (Å²) in [6.07, 6.45) is 3.37. The number of rotatable bonds is 5. The number of carboxylic acid groups (broad SMARTS) is 1. The predicted octanol–water partition coefficient (Wildman–Crippen LogP) is 1.43. The summed E-state index contributed by atoms with van der Waals surface area (Å²) in [5, 5.41) is 8.63. The zero-order valence-corrected chi connectivity index (χ0v) is 8.70. The quantitative estimate of drug-likeness (QED) is 0.800. The normalized spacial score (nSPS) is 12.4. The van der Waals surface area contributed by atoms with Crippen LogP contribution in [0, 0.1) is 5.92 Å². The maximum Gasteiger partial charge on any atom is 0.307 e. The zero-order chi connectivity index (χ0) is 10.4. The molecule has 0 aliphatic carbocycles. The minimum Gasteiger partial charge on any atom is -0.481 e. The number of carbonyl (C=O) groups is 1. The van der Waals surface area contributed by atoms with Crippen molar-refractivity contribution >= 4 is 17.7 Å². The van der Waals surface area contributed by atoms with Crippen LogP contribution in [0.2, 0.25) is 0 Å². The first kappa shape index (κ1) is 11.0. The molecular formula is C9H12N2O2S. The van der Waals surface area contributed by atoms with E-state index in [1.54, 1.807) is 25.4 Å². The maximum absolute atomic E-state index is 10.5. The van der Waals surface area contributed by atoms with Crippen molar-refractivity contribution < 1.29 is 9.90 Å². The maximum atomic E-state index is 10.5. The summed E-state index contributed by atoms with van der Waals surface area (Å²) < 4.78 is 0. The first-order valence-corrected chi connectivity index (χ1v) is 5.42. The first-order chi connectivity index (χ1) is 6.70. The van der Waals surface area contributed by atoms with Crippen molar-refractivity contribution in [3.8, 4) is 0 Å². The summed E-state index contributed by atoms with van der Waals surface area (Å²) in [7, 11) is 0. The van der Waals surface area contributed by atoms with Crippen molar-refractivity contribution in [1.82, 2.24) is 9.97 Å². The van der Waals surface area contributed by atoms with E-state index >= 15 is 0 Å². The van der Waals surface area contributed by atoms with Crippen molar-refractivity contribution in [3.05, 3.63) is 24.3 Å². The third-order valence-electron chi connectivity index (χ3n) is 1.64. The minimum atomic E-state index is -0.758. The monoisotopic (exact) mass is 212 g/mol. The van der Waals surface area contributed by atoms with Gasteiger partial charge in [-0.25, -0.2) is 9.97 Å². The fourth-order valence-corrected chi connectivity index (χ4v) is 1.75. The second kappa shape index (κ2) is 5.59. The molecule has 14 heavy (non-hydrogen) atoms.